The van der Waals surface area contributed by atoms with Gasteiger partial charge in [-0.15, -0.1) is 0 Å². The molecule has 0 aromatic rings. The van der Waals surface area contributed by atoms with Gasteiger partial charge in [-0.1, -0.05) is 0 Å². The van der Waals surface area contributed by atoms with E-state index in [0.717, 1.165) is 0 Å². The molecule has 1 aliphatic rings. The molecule has 3 atom stereocenters. The van der Waals surface area contributed by atoms with Gasteiger partial charge in [0, 0.05) is 0 Å². The number of carboxylic acid groups (broad SMARTS) is 2. The molecule has 0 heterocycles. The number of alkyl halides is 1. The zero-order valence-electron chi connectivity index (χ0n) is 6.94. The standard InChI is InChI=1S/C8H11FO4/c9-6-2-1-4(7(10)11)3-5(6)8(12)13/h4-6H,1-3H2,(H,10,11)(H,12,13). The predicted octanol–water partition coefficient (Wildman–Crippen LogP) is 0.910. The Morgan fingerprint density at radius 3 is 2.23 bits per heavy atom. The van der Waals surface area contributed by atoms with Gasteiger partial charge in [-0.05, 0) is 19.3 Å². The topological polar surface area (TPSA) is 74.6 Å². The summed E-state index contributed by atoms with van der Waals surface area (Å²) in [6.07, 6.45) is -1.21. The Labute approximate surface area is 74.4 Å². The molecule has 3 unspecified atom stereocenters. The van der Waals surface area contributed by atoms with E-state index >= 15 is 0 Å². The van der Waals surface area contributed by atoms with Crippen LogP contribution in [0, 0.1) is 11.8 Å². The Balaban J connectivity index is 2.63. The van der Waals surface area contributed by atoms with Crippen LogP contribution in [0.1, 0.15) is 19.3 Å². The van der Waals surface area contributed by atoms with Crippen LogP contribution in [0.3, 0.4) is 0 Å². The summed E-state index contributed by atoms with van der Waals surface area (Å²) >= 11 is 0. The molecular weight excluding hydrogens is 179 g/mol. The second kappa shape index (κ2) is 3.72. The van der Waals surface area contributed by atoms with Crippen LogP contribution in [0.4, 0.5) is 4.39 Å². The molecule has 1 aliphatic carbocycles. The molecule has 1 saturated carbocycles. The van der Waals surface area contributed by atoms with E-state index in [9.17, 15) is 14.0 Å². The maximum atomic E-state index is 13.0. The highest BCUT2D eigenvalue weighted by Crippen LogP contribution is 2.31. The smallest absolute Gasteiger partial charge is 0.309 e. The second-order valence-electron chi connectivity index (χ2n) is 3.31. The highest BCUT2D eigenvalue weighted by Gasteiger charge is 2.37. The van der Waals surface area contributed by atoms with E-state index < -0.39 is 29.9 Å². The van der Waals surface area contributed by atoms with Gasteiger partial charge in [-0.2, -0.15) is 0 Å². The summed E-state index contributed by atoms with van der Waals surface area (Å²) in [5, 5.41) is 17.2. The van der Waals surface area contributed by atoms with E-state index in [2.05, 4.69) is 0 Å². The Kier molecular flexibility index (Phi) is 2.85. The summed E-state index contributed by atoms with van der Waals surface area (Å²) in [5.41, 5.74) is 0. The number of aliphatic carboxylic acids is 2. The summed E-state index contributed by atoms with van der Waals surface area (Å²) < 4.78 is 13.0. The van der Waals surface area contributed by atoms with Crippen LogP contribution in [0.2, 0.25) is 0 Å². The van der Waals surface area contributed by atoms with Gasteiger partial charge in [-0.25, -0.2) is 4.39 Å². The van der Waals surface area contributed by atoms with Gasteiger partial charge in [0.2, 0.25) is 0 Å². The first-order valence-electron chi connectivity index (χ1n) is 4.12. The van der Waals surface area contributed by atoms with Crippen molar-refractivity contribution in [3.05, 3.63) is 0 Å². The second-order valence-corrected chi connectivity index (χ2v) is 3.31. The molecule has 4 nitrogen and oxygen atoms in total. The highest BCUT2D eigenvalue weighted by molar-refractivity contribution is 5.74. The van der Waals surface area contributed by atoms with Crippen LogP contribution in [0.15, 0.2) is 0 Å². The zero-order chi connectivity index (χ0) is 10.0. The van der Waals surface area contributed by atoms with Crippen molar-refractivity contribution < 1.29 is 24.2 Å². The van der Waals surface area contributed by atoms with Crippen molar-refractivity contribution >= 4 is 11.9 Å². The van der Waals surface area contributed by atoms with Crippen LogP contribution in [-0.4, -0.2) is 28.3 Å². The normalized spacial score (nSPS) is 34.1. The van der Waals surface area contributed by atoms with Crippen LogP contribution < -0.4 is 0 Å². The lowest BCUT2D eigenvalue weighted by Gasteiger charge is -2.26. The monoisotopic (exact) mass is 190 g/mol. The highest BCUT2D eigenvalue weighted by atomic mass is 19.1. The molecule has 0 spiro atoms. The molecule has 13 heavy (non-hydrogen) atoms. The molecule has 0 aromatic heterocycles. The first-order valence-corrected chi connectivity index (χ1v) is 4.12. The number of hydrogen-bond donors (Lipinski definition) is 2. The van der Waals surface area contributed by atoms with Crippen molar-refractivity contribution in [3.63, 3.8) is 0 Å². The molecule has 0 amide bonds. The van der Waals surface area contributed by atoms with Gasteiger partial charge < -0.3 is 10.2 Å². The first-order chi connectivity index (χ1) is 6.02. The summed E-state index contributed by atoms with van der Waals surface area (Å²) in [7, 11) is 0. The fourth-order valence-electron chi connectivity index (χ4n) is 1.61. The average molecular weight is 190 g/mol. The third-order valence-corrected chi connectivity index (χ3v) is 2.43. The van der Waals surface area contributed by atoms with Gasteiger partial charge in [0.05, 0.1) is 11.8 Å². The Bertz CT molecular complexity index is 228. The van der Waals surface area contributed by atoms with Crippen molar-refractivity contribution in [2.45, 2.75) is 25.4 Å². The number of rotatable bonds is 2. The zero-order valence-corrected chi connectivity index (χ0v) is 6.94. The summed E-state index contributed by atoms with van der Waals surface area (Å²) in [4.78, 5) is 21.0. The van der Waals surface area contributed by atoms with Gasteiger partial charge in [0.25, 0.3) is 0 Å². The fraction of sp³-hybridized carbons (Fsp3) is 0.750. The molecular formula is C8H11FO4. The molecule has 0 aliphatic heterocycles. The number of carbonyl (C=O) groups is 2. The van der Waals surface area contributed by atoms with Crippen LogP contribution in [-0.2, 0) is 9.59 Å². The van der Waals surface area contributed by atoms with Crippen LogP contribution >= 0.6 is 0 Å². The predicted molar refractivity (Wildman–Crippen MR) is 41.0 cm³/mol. The van der Waals surface area contributed by atoms with E-state index in [1.54, 1.807) is 0 Å². The quantitative estimate of drug-likeness (QED) is 0.678. The number of hydrogen-bond acceptors (Lipinski definition) is 2. The molecule has 74 valence electrons. The fourth-order valence-corrected chi connectivity index (χ4v) is 1.61. The maximum absolute atomic E-state index is 13.0. The minimum atomic E-state index is -1.40. The van der Waals surface area contributed by atoms with Crippen LogP contribution in [0.5, 0.6) is 0 Å². The molecule has 1 fully saturated rings. The lowest BCUT2D eigenvalue weighted by Crippen LogP contribution is -2.34. The van der Waals surface area contributed by atoms with E-state index in [4.69, 9.17) is 10.2 Å². The molecule has 2 N–H and O–H groups in total. The van der Waals surface area contributed by atoms with E-state index in [1.807, 2.05) is 0 Å². The van der Waals surface area contributed by atoms with Gasteiger partial charge in [-0.3, -0.25) is 9.59 Å². The minimum absolute atomic E-state index is 0.0356. The van der Waals surface area contributed by atoms with Crippen molar-refractivity contribution in [2.24, 2.45) is 11.8 Å². The van der Waals surface area contributed by atoms with E-state index in [-0.39, 0.29) is 19.3 Å². The molecule has 0 bridgehead atoms. The van der Waals surface area contributed by atoms with Crippen molar-refractivity contribution in [1.82, 2.24) is 0 Å². The van der Waals surface area contributed by atoms with Gasteiger partial charge >= 0.3 is 11.9 Å². The van der Waals surface area contributed by atoms with Gasteiger partial charge in [0.1, 0.15) is 6.17 Å². The van der Waals surface area contributed by atoms with E-state index in [0.29, 0.717) is 0 Å². The SMILES string of the molecule is O=C(O)C1CCC(F)C(C(=O)O)C1. The summed E-state index contributed by atoms with van der Waals surface area (Å²) in [6.45, 7) is 0. The Hall–Kier alpha value is -1.13. The lowest BCUT2D eigenvalue weighted by molar-refractivity contribution is -0.150. The Morgan fingerprint density at radius 1 is 1.15 bits per heavy atom. The van der Waals surface area contributed by atoms with Crippen LogP contribution in [0.25, 0.3) is 0 Å². The third-order valence-electron chi connectivity index (χ3n) is 2.43. The third kappa shape index (κ3) is 2.17. The molecule has 0 radical (unpaired) electrons. The van der Waals surface area contributed by atoms with E-state index in [1.165, 1.54) is 0 Å². The van der Waals surface area contributed by atoms with Crippen molar-refractivity contribution in [1.29, 1.82) is 0 Å². The number of halogens is 1. The maximum Gasteiger partial charge on any atom is 0.309 e. The minimum Gasteiger partial charge on any atom is -0.481 e. The average Bonchev–Trinajstić information content (AvgIpc) is 2.04. The molecule has 0 saturated heterocycles. The molecule has 5 heteroatoms. The first kappa shape index (κ1) is 9.95. The van der Waals surface area contributed by atoms with Crippen molar-refractivity contribution in [2.75, 3.05) is 0 Å². The summed E-state index contributed by atoms with van der Waals surface area (Å²) in [5.74, 6) is -4.11. The van der Waals surface area contributed by atoms with Crippen molar-refractivity contribution in [3.8, 4) is 0 Å². The molecule has 0 aromatic carbocycles. The van der Waals surface area contributed by atoms with Gasteiger partial charge in [0.15, 0.2) is 0 Å². The Morgan fingerprint density at radius 2 is 1.77 bits per heavy atom. The lowest BCUT2D eigenvalue weighted by atomic mass is 9.80. The molecule has 1 rings (SSSR count). The summed E-state index contributed by atoms with van der Waals surface area (Å²) in [6, 6.07) is 0. The largest absolute Gasteiger partial charge is 0.481 e. The number of carboxylic acids is 2.